The van der Waals surface area contributed by atoms with Crippen LogP contribution in [-0.2, 0) is 16.6 Å². The highest BCUT2D eigenvalue weighted by Crippen LogP contribution is 2.19. The average molecular weight is 331 g/mol. The van der Waals surface area contributed by atoms with E-state index < -0.39 is 10.8 Å². The van der Waals surface area contributed by atoms with E-state index in [9.17, 15) is 9.00 Å². The molecule has 4 nitrogen and oxygen atoms in total. The minimum Gasteiger partial charge on any atom is -0.455 e. The van der Waals surface area contributed by atoms with Crippen molar-refractivity contribution in [2.24, 2.45) is 0 Å². The van der Waals surface area contributed by atoms with Gasteiger partial charge in [0, 0.05) is 10.9 Å². The highest BCUT2D eigenvalue weighted by Gasteiger charge is 2.20. The number of benzene rings is 1. The normalized spacial score (nSPS) is 16.4. The topological polar surface area (TPSA) is 59.3 Å². The summed E-state index contributed by atoms with van der Waals surface area (Å²) in [4.78, 5) is 12.9. The van der Waals surface area contributed by atoms with Gasteiger partial charge in [0.1, 0.15) is 5.76 Å². The summed E-state index contributed by atoms with van der Waals surface area (Å²) in [7, 11) is -1.17. The lowest BCUT2D eigenvalue weighted by atomic mass is 10.2. The van der Waals surface area contributed by atoms with Crippen LogP contribution >= 0.6 is 0 Å². The Bertz CT molecular complexity index is 717. The number of furan rings is 1. The van der Waals surface area contributed by atoms with Crippen molar-refractivity contribution in [1.82, 2.24) is 5.32 Å². The Morgan fingerprint density at radius 3 is 2.78 bits per heavy atom. The van der Waals surface area contributed by atoms with Gasteiger partial charge in [0.15, 0.2) is 5.76 Å². The molecule has 0 unspecified atom stereocenters. The van der Waals surface area contributed by atoms with Crippen LogP contribution in [0.4, 0.5) is 0 Å². The number of amides is 1. The molecule has 0 aliphatic heterocycles. The molecule has 1 saturated carbocycles. The molecule has 1 heterocycles. The lowest BCUT2D eigenvalue weighted by molar-refractivity contribution is 0.0908. The first-order chi connectivity index (χ1) is 11.1. The van der Waals surface area contributed by atoms with Crippen molar-refractivity contribution in [3.05, 3.63) is 53.5 Å². The van der Waals surface area contributed by atoms with Crippen LogP contribution < -0.4 is 5.32 Å². The largest absolute Gasteiger partial charge is 0.455 e. The number of rotatable bonds is 5. The number of carbonyl (C=O) groups excluding carboxylic acids is 1. The fraction of sp³-hybridized carbons (Fsp3) is 0.389. The molecule has 5 heteroatoms. The number of hydrogen-bond donors (Lipinski definition) is 1. The molecule has 122 valence electrons. The van der Waals surface area contributed by atoms with Gasteiger partial charge in [-0.3, -0.25) is 9.00 Å². The first-order valence-corrected chi connectivity index (χ1v) is 9.28. The van der Waals surface area contributed by atoms with E-state index in [1.807, 2.05) is 31.2 Å². The third-order valence-electron chi connectivity index (χ3n) is 4.10. The number of carbonyl (C=O) groups is 1. The van der Waals surface area contributed by atoms with Gasteiger partial charge in [0.2, 0.25) is 0 Å². The minimum atomic E-state index is -1.17. The Hall–Kier alpha value is -1.88. The number of aryl methyl sites for hydroxylation is 1. The maximum Gasteiger partial charge on any atom is 0.287 e. The summed E-state index contributed by atoms with van der Waals surface area (Å²) in [6.07, 6.45) is 4.42. The molecule has 1 amide bonds. The SMILES string of the molecule is Cc1cccc([S@@](=O)Cc2ccc(C(=O)NC3CCCC3)o2)c1. The zero-order valence-electron chi connectivity index (χ0n) is 13.2. The molecule has 0 radical (unpaired) electrons. The Kier molecular flexibility index (Phi) is 4.96. The fourth-order valence-corrected chi connectivity index (χ4v) is 4.00. The lowest BCUT2D eigenvalue weighted by Crippen LogP contribution is -2.32. The van der Waals surface area contributed by atoms with Crippen molar-refractivity contribution < 1.29 is 13.4 Å². The summed E-state index contributed by atoms with van der Waals surface area (Å²) in [5.74, 6) is 0.971. The highest BCUT2D eigenvalue weighted by molar-refractivity contribution is 7.84. The first kappa shape index (κ1) is 16.0. The molecular weight excluding hydrogens is 310 g/mol. The molecule has 1 fully saturated rings. The predicted octanol–water partition coefficient (Wildman–Crippen LogP) is 3.57. The van der Waals surface area contributed by atoms with Crippen LogP contribution in [0.2, 0.25) is 0 Å². The van der Waals surface area contributed by atoms with Gasteiger partial charge in [-0.25, -0.2) is 0 Å². The Morgan fingerprint density at radius 1 is 1.26 bits per heavy atom. The zero-order chi connectivity index (χ0) is 16.2. The van der Waals surface area contributed by atoms with E-state index in [1.54, 1.807) is 12.1 Å². The van der Waals surface area contributed by atoms with Crippen LogP contribution in [0.1, 0.15) is 47.6 Å². The Balaban J connectivity index is 1.62. The summed E-state index contributed by atoms with van der Waals surface area (Å²) in [5.41, 5.74) is 1.08. The molecule has 1 aromatic carbocycles. The van der Waals surface area contributed by atoms with Crippen molar-refractivity contribution in [3.63, 3.8) is 0 Å². The molecule has 1 atom stereocenters. The summed E-state index contributed by atoms with van der Waals surface area (Å²) in [6.45, 7) is 1.97. The molecule has 2 aromatic rings. The molecule has 0 saturated heterocycles. The molecule has 3 rings (SSSR count). The van der Waals surface area contributed by atoms with E-state index in [2.05, 4.69) is 5.32 Å². The number of hydrogen-bond acceptors (Lipinski definition) is 3. The van der Waals surface area contributed by atoms with E-state index in [4.69, 9.17) is 4.42 Å². The Labute approximate surface area is 138 Å². The standard InChI is InChI=1S/C18H21NO3S/c1-13-5-4-8-16(11-13)23(21)12-15-9-10-17(22-15)18(20)19-14-6-2-3-7-14/h4-5,8-11,14H,2-3,6-7,12H2,1H3,(H,19,20)/t23-/m0/s1. The second-order valence-corrected chi connectivity index (χ2v) is 7.48. The van der Waals surface area contributed by atoms with Crippen molar-refractivity contribution >= 4 is 16.7 Å². The van der Waals surface area contributed by atoms with Gasteiger partial charge in [0.25, 0.3) is 5.91 Å². The molecule has 1 N–H and O–H groups in total. The molecular formula is C18H21NO3S. The lowest BCUT2D eigenvalue weighted by Gasteiger charge is -2.09. The monoisotopic (exact) mass is 331 g/mol. The quantitative estimate of drug-likeness (QED) is 0.911. The van der Waals surface area contributed by atoms with Gasteiger partial charge in [-0.05, 0) is 49.6 Å². The molecule has 23 heavy (non-hydrogen) atoms. The van der Waals surface area contributed by atoms with Gasteiger partial charge in [-0.1, -0.05) is 25.0 Å². The maximum atomic E-state index is 12.4. The van der Waals surface area contributed by atoms with E-state index in [0.29, 0.717) is 11.5 Å². The van der Waals surface area contributed by atoms with Crippen molar-refractivity contribution in [2.45, 2.75) is 49.3 Å². The van der Waals surface area contributed by atoms with Gasteiger partial charge < -0.3 is 9.73 Å². The van der Waals surface area contributed by atoms with Crippen molar-refractivity contribution in [1.29, 1.82) is 0 Å². The van der Waals surface area contributed by atoms with E-state index >= 15 is 0 Å². The van der Waals surface area contributed by atoms with Gasteiger partial charge in [-0.15, -0.1) is 0 Å². The Morgan fingerprint density at radius 2 is 2.04 bits per heavy atom. The first-order valence-electron chi connectivity index (χ1n) is 7.96. The summed E-state index contributed by atoms with van der Waals surface area (Å²) >= 11 is 0. The third-order valence-corrected chi connectivity index (χ3v) is 5.43. The smallest absolute Gasteiger partial charge is 0.287 e. The fourth-order valence-electron chi connectivity index (χ4n) is 2.87. The molecule has 1 aliphatic rings. The maximum absolute atomic E-state index is 12.4. The second-order valence-electron chi connectivity index (χ2n) is 6.03. The van der Waals surface area contributed by atoms with Crippen molar-refractivity contribution in [3.8, 4) is 0 Å². The van der Waals surface area contributed by atoms with Gasteiger partial charge in [0.05, 0.1) is 16.6 Å². The average Bonchev–Trinajstić information content (AvgIpc) is 3.19. The van der Waals surface area contributed by atoms with Gasteiger partial charge >= 0.3 is 0 Å². The second kappa shape index (κ2) is 7.13. The highest BCUT2D eigenvalue weighted by atomic mass is 32.2. The van der Waals surface area contributed by atoms with Gasteiger partial charge in [-0.2, -0.15) is 0 Å². The summed E-state index contributed by atoms with van der Waals surface area (Å²) in [6, 6.07) is 11.3. The predicted molar refractivity (Wildman–Crippen MR) is 89.7 cm³/mol. The number of nitrogens with one attached hydrogen (secondary N) is 1. The molecule has 1 aromatic heterocycles. The van der Waals surface area contributed by atoms with Crippen LogP contribution in [0.15, 0.2) is 45.7 Å². The van der Waals surface area contributed by atoms with E-state index in [0.717, 1.165) is 23.3 Å². The van der Waals surface area contributed by atoms with Crippen LogP contribution in [0.25, 0.3) is 0 Å². The van der Waals surface area contributed by atoms with Crippen LogP contribution in [0.5, 0.6) is 0 Å². The molecule has 1 aliphatic carbocycles. The molecule has 0 spiro atoms. The van der Waals surface area contributed by atoms with E-state index in [-0.39, 0.29) is 17.7 Å². The van der Waals surface area contributed by atoms with E-state index in [1.165, 1.54) is 12.8 Å². The summed E-state index contributed by atoms with van der Waals surface area (Å²) < 4.78 is 17.9. The van der Waals surface area contributed by atoms with Crippen molar-refractivity contribution in [2.75, 3.05) is 0 Å². The van der Waals surface area contributed by atoms with Crippen LogP contribution in [0, 0.1) is 6.92 Å². The minimum absolute atomic E-state index is 0.176. The third kappa shape index (κ3) is 4.10. The van der Waals surface area contributed by atoms with Crippen LogP contribution in [-0.4, -0.2) is 16.2 Å². The zero-order valence-corrected chi connectivity index (χ0v) is 14.0. The molecule has 0 bridgehead atoms. The summed E-state index contributed by atoms with van der Waals surface area (Å²) in [5, 5.41) is 2.99. The van der Waals surface area contributed by atoms with Crippen LogP contribution in [0.3, 0.4) is 0 Å².